The number of rotatable bonds is 6. The molecule has 6 nitrogen and oxygen atoms in total. The fraction of sp³-hybridized carbons (Fsp3) is 0.786. The average molecular weight is 279 g/mol. The lowest BCUT2D eigenvalue weighted by Crippen LogP contribution is -2.21. The first-order valence-electron chi connectivity index (χ1n) is 7.50. The van der Waals surface area contributed by atoms with Gasteiger partial charge in [-0.15, -0.1) is 5.10 Å². The Bertz CT molecular complexity index is 490. The molecule has 1 heterocycles. The van der Waals surface area contributed by atoms with E-state index in [-0.39, 0.29) is 11.6 Å². The molecule has 0 radical (unpaired) electrons. The molecule has 2 N–H and O–H groups in total. The Morgan fingerprint density at radius 2 is 2.00 bits per heavy atom. The molecule has 0 bridgehead atoms. The molecule has 2 fully saturated rings. The Morgan fingerprint density at radius 3 is 2.60 bits per heavy atom. The summed E-state index contributed by atoms with van der Waals surface area (Å²) < 4.78 is 1.61. The van der Waals surface area contributed by atoms with Crippen LogP contribution in [0.1, 0.15) is 67.0 Å². The van der Waals surface area contributed by atoms with Crippen LogP contribution in [0.2, 0.25) is 0 Å². The quantitative estimate of drug-likeness (QED) is 0.829. The van der Waals surface area contributed by atoms with Crippen LogP contribution in [0.3, 0.4) is 0 Å². The van der Waals surface area contributed by atoms with Crippen molar-refractivity contribution in [1.82, 2.24) is 15.0 Å². The summed E-state index contributed by atoms with van der Waals surface area (Å²) in [5, 5.41) is 27.0. The van der Waals surface area contributed by atoms with E-state index in [2.05, 4.69) is 10.3 Å². The molecule has 6 heteroatoms. The van der Waals surface area contributed by atoms with Crippen molar-refractivity contribution in [3.05, 3.63) is 11.4 Å². The molecule has 1 unspecified atom stereocenters. The molecule has 0 aliphatic heterocycles. The van der Waals surface area contributed by atoms with Crippen LogP contribution in [0.15, 0.2) is 0 Å². The van der Waals surface area contributed by atoms with Gasteiger partial charge in [0.05, 0.1) is 18.3 Å². The largest absolute Gasteiger partial charge is 0.476 e. The minimum atomic E-state index is -1.02. The van der Waals surface area contributed by atoms with E-state index in [1.807, 2.05) is 0 Å². The summed E-state index contributed by atoms with van der Waals surface area (Å²) in [6.07, 6.45) is 7.23. The number of aromatic carboxylic acids is 1. The SMILES string of the molecule is O=C(O)c1nnn(CC(O)CC2CCCC2)c1C1CC1. The molecule has 3 rings (SSSR count). The maximum Gasteiger partial charge on any atom is 0.358 e. The molecule has 2 saturated carbocycles. The predicted molar refractivity (Wildman–Crippen MR) is 71.5 cm³/mol. The number of nitrogens with zero attached hydrogens (tertiary/aromatic N) is 3. The Balaban J connectivity index is 1.68. The molecule has 1 atom stereocenters. The first-order chi connectivity index (χ1) is 9.65. The molecule has 1 aromatic rings. The van der Waals surface area contributed by atoms with E-state index in [1.165, 1.54) is 25.7 Å². The fourth-order valence-electron chi connectivity index (χ4n) is 3.27. The van der Waals surface area contributed by atoms with Crippen molar-refractivity contribution in [1.29, 1.82) is 0 Å². The van der Waals surface area contributed by atoms with Crippen molar-refractivity contribution in [2.75, 3.05) is 0 Å². The molecule has 20 heavy (non-hydrogen) atoms. The normalized spacial score (nSPS) is 21.2. The molecule has 1 aromatic heterocycles. The van der Waals surface area contributed by atoms with Gasteiger partial charge in [0.2, 0.25) is 0 Å². The van der Waals surface area contributed by atoms with Gasteiger partial charge in [0.15, 0.2) is 5.69 Å². The van der Waals surface area contributed by atoms with E-state index in [0.717, 1.165) is 19.3 Å². The van der Waals surface area contributed by atoms with Gasteiger partial charge in [-0.3, -0.25) is 0 Å². The van der Waals surface area contributed by atoms with Crippen LogP contribution in [0.25, 0.3) is 0 Å². The number of aliphatic hydroxyl groups excluding tert-OH is 1. The van der Waals surface area contributed by atoms with Crippen molar-refractivity contribution in [3.63, 3.8) is 0 Å². The lowest BCUT2D eigenvalue weighted by molar-refractivity contribution is 0.0688. The second-order valence-corrected chi connectivity index (χ2v) is 6.12. The monoisotopic (exact) mass is 279 g/mol. The van der Waals surface area contributed by atoms with Gasteiger partial charge in [0, 0.05) is 5.92 Å². The van der Waals surface area contributed by atoms with E-state index < -0.39 is 12.1 Å². The van der Waals surface area contributed by atoms with E-state index >= 15 is 0 Å². The fourth-order valence-corrected chi connectivity index (χ4v) is 3.27. The zero-order chi connectivity index (χ0) is 14.1. The molecule has 0 spiro atoms. The number of aliphatic hydroxyl groups is 1. The molecule has 2 aliphatic carbocycles. The summed E-state index contributed by atoms with van der Waals surface area (Å²) in [6, 6.07) is 0. The molecular weight excluding hydrogens is 258 g/mol. The van der Waals surface area contributed by atoms with Crippen molar-refractivity contribution in [3.8, 4) is 0 Å². The molecule has 0 amide bonds. The highest BCUT2D eigenvalue weighted by Crippen LogP contribution is 2.41. The van der Waals surface area contributed by atoms with Crippen LogP contribution >= 0.6 is 0 Å². The van der Waals surface area contributed by atoms with Gasteiger partial charge >= 0.3 is 5.97 Å². The number of hydrogen-bond donors (Lipinski definition) is 2. The van der Waals surface area contributed by atoms with E-state index in [4.69, 9.17) is 5.11 Å². The summed E-state index contributed by atoms with van der Waals surface area (Å²) in [4.78, 5) is 11.2. The molecule has 110 valence electrons. The molecular formula is C14H21N3O3. The number of carbonyl (C=O) groups is 1. The second-order valence-electron chi connectivity index (χ2n) is 6.12. The van der Waals surface area contributed by atoms with E-state index in [1.54, 1.807) is 4.68 Å². The van der Waals surface area contributed by atoms with Crippen LogP contribution in [-0.2, 0) is 6.54 Å². The smallest absolute Gasteiger partial charge is 0.358 e. The summed E-state index contributed by atoms with van der Waals surface area (Å²) in [5.41, 5.74) is 0.753. The highest BCUT2D eigenvalue weighted by atomic mass is 16.4. The topological polar surface area (TPSA) is 88.2 Å². The number of carboxylic acids is 1. The second kappa shape index (κ2) is 5.52. The first kappa shape index (κ1) is 13.5. The Hall–Kier alpha value is -1.43. The van der Waals surface area contributed by atoms with Gasteiger partial charge in [-0.2, -0.15) is 0 Å². The van der Waals surface area contributed by atoms with Crippen LogP contribution in [-0.4, -0.2) is 37.3 Å². The highest BCUT2D eigenvalue weighted by Gasteiger charge is 2.34. The predicted octanol–water partition coefficient (Wildman–Crippen LogP) is 1.79. The van der Waals surface area contributed by atoms with Gasteiger partial charge in [-0.05, 0) is 25.2 Å². The van der Waals surface area contributed by atoms with Gasteiger partial charge in [-0.1, -0.05) is 30.9 Å². The third-order valence-electron chi connectivity index (χ3n) is 4.40. The number of hydrogen-bond acceptors (Lipinski definition) is 4. The van der Waals surface area contributed by atoms with Gasteiger partial charge in [0.1, 0.15) is 0 Å². The maximum atomic E-state index is 11.2. The third kappa shape index (κ3) is 2.85. The standard InChI is InChI=1S/C14H21N3O3/c18-11(7-9-3-1-2-4-9)8-17-13(10-5-6-10)12(14(19)20)15-16-17/h9-11,18H,1-8H2,(H,19,20). The van der Waals surface area contributed by atoms with Gasteiger partial charge in [0.25, 0.3) is 0 Å². The summed E-state index contributed by atoms with van der Waals surface area (Å²) in [6.45, 7) is 0.364. The maximum absolute atomic E-state index is 11.2. The van der Waals surface area contributed by atoms with Crippen LogP contribution < -0.4 is 0 Å². The minimum absolute atomic E-state index is 0.0561. The Kier molecular flexibility index (Phi) is 3.74. The van der Waals surface area contributed by atoms with Crippen molar-refractivity contribution in [2.24, 2.45) is 5.92 Å². The molecule has 2 aliphatic rings. The molecule has 0 aromatic carbocycles. The van der Waals surface area contributed by atoms with E-state index in [9.17, 15) is 9.90 Å². The Morgan fingerprint density at radius 1 is 1.30 bits per heavy atom. The van der Waals surface area contributed by atoms with E-state index in [0.29, 0.717) is 18.2 Å². The van der Waals surface area contributed by atoms with Crippen LogP contribution in [0.4, 0.5) is 0 Å². The number of aromatic nitrogens is 3. The lowest BCUT2D eigenvalue weighted by Gasteiger charge is -2.16. The van der Waals surface area contributed by atoms with Gasteiger partial charge in [-0.25, -0.2) is 9.48 Å². The van der Waals surface area contributed by atoms with Gasteiger partial charge < -0.3 is 10.2 Å². The van der Waals surface area contributed by atoms with Crippen molar-refractivity contribution in [2.45, 2.75) is 63.5 Å². The summed E-state index contributed by atoms with van der Waals surface area (Å²) >= 11 is 0. The Labute approximate surface area is 117 Å². The number of carboxylic acid groups (broad SMARTS) is 1. The molecule has 0 saturated heterocycles. The summed E-state index contributed by atoms with van der Waals surface area (Å²) in [5.74, 6) is -0.157. The van der Waals surface area contributed by atoms with Crippen LogP contribution in [0, 0.1) is 5.92 Å². The lowest BCUT2D eigenvalue weighted by atomic mass is 10.00. The summed E-state index contributed by atoms with van der Waals surface area (Å²) in [7, 11) is 0. The zero-order valence-corrected chi connectivity index (χ0v) is 11.5. The third-order valence-corrected chi connectivity index (χ3v) is 4.40. The van der Waals surface area contributed by atoms with Crippen LogP contribution in [0.5, 0.6) is 0 Å². The van der Waals surface area contributed by atoms with Crippen molar-refractivity contribution >= 4 is 5.97 Å². The van der Waals surface area contributed by atoms with Crippen molar-refractivity contribution < 1.29 is 15.0 Å². The average Bonchev–Trinajstić information content (AvgIpc) is 2.94. The minimum Gasteiger partial charge on any atom is -0.476 e. The first-order valence-corrected chi connectivity index (χ1v) is 7.50. The highest BCUT2D eigenvalue weighted by molar-refractivity contribution is 5.86. The zero-order valence-electron chi connectivity index (χ0n) is 11.5.